The van der Waals surface area contributed by atoms with Crippen LogP contribution in [-0.4, -0.2) is 23.0 Å². The zero-order valence-electron chi connectivity index (χ0n) is 12.7. The first-order chi connectivity index (χ1) is 10.6. The molecule has 3 aliphatic rings. The largest absolute Gasteiger partial charge is 0.481 e. The number of fused-ring (bicyclic) bond motifs is 3. The summed E-state index contributed by atoms with van der Waals surface area (Å²) in [7, 11) is 0. The summed E-state index contributed by atoms with van der Waals surface area (Å²) in [5.41, 5.74) is 2.17. The van der Waals surface area contributed by atoms with Crippen LogP contribution >= 0.6 is 0 Å². The normalized spacial score (nSPS) is 35.7. The molecule has 2 saturated carbocycles. The number of carbonyl (C=O) groups is 2. The van der Waals surface area contributed by atoms with Gasteiger partial charge in [-0.3, -0.25) is 9.59 Å². The van der Waals surface area contributed by atoms with Crippen molar-refractivity contribution in [2.45, 2.75) is 38.6 Å². The maximum absolute atomic E-state index is 13.2. The average Bonchev–Trinajstić information content (AvgIpc) is 3.17. The zero-order valence-corrected chi connectivity index (χ0v) is 12.7. The molecule has 4 rings (SSSR count). The number of benzene rings is 1. The Morgan fingerprint density at radius 2 is 1.82 bits per heavy atom. The summed E-state index contributed by atoms with van der Waals surface area (Å²) in [6, 6.07) is 8.12. The third kappa shape index (κ3) is 1.82. The van der Waals surface area contributed by atoms with Gasteiger partial charge in [-0.25, -0.2) is 0 Å². The van der Waals surface area contributed by atoms with Crippen LogP contribution in [0.15, 0.2) is 24.3 Å². The predicted molar refractivity (Wildman–Crippen MR) is 82.5 cm³/mol. The lowest BCUT2D eigenvalue weighted by molar-refractivity contribution is -0.149. The van der Waals surface area contributed by atoms with Gasteiger partial charge in [0.1, 0.15) is 0 Å². The minimum absolute atomic E-state index is 0.0389. The Kier molecular flexibility index (Phi) is 3.03. The highest BCUT2D eigenvalue weighted by atomic mass is 16.4. The molecular formula is C18H21NO3. The van der Waals surface area contributed by atoms with Crippen molar-refractivity contribution in [2.24, 2.45) is 23.7 Å². The lowest BCUT2D eigenvalue weighted by Gasteiger charge is -2.33. The summed E-state index contributed by atoms with van der Waals surface area (Å²) in [6.07, 6.45) is 3.75. The molecule has 4 nitrogen and oxygen atoms in total. The van der Waals surface area contributed by atoms with Crippen molar-refractivity contribution >= 4 is 17.6 Å². The van der Waals surface area contributed by atoms with Gasteiger partial charge < -0.3 is 10.0 Å². The number of anilines is 1. The second-order valence-electron chi connectivity index (χ2n) is 7.11. The molecular weight excluding hydrogens is 278 g/mol. The Labute approximate surface area is 130 Å². The Morgan fingerprint density at radius 1 is 1.14 bits per heavy atom. The van der Waals surface area contributed by atoms with Gasteiger partial charge in [-0.05, 0) is 56.1 Å². The van der Waals surface area contributed by atoms with Crippen LogP contribution in [0, 0.1) is 23.7 Å². The van der Waals surface area contributed by atoms with Crippen molar-refractivity contribution in [3.05, 3.63) is 29.8 Å². The Balaban J connectivity index is 1.68. The summed E-state index contributed by atoms with van der Waals surface area (Å²) < 4.78 is 0. The fourth-order valence-electron chi connectivity index (χ4n) is 5.06. The van der Waals surface area contributed by atoms with Crippen molar-refractivity contribution in [2.75, 3.05) is 4.90 Å². The number of carbonyl (C=O) groups excluding carboxylic acids is 1. The third-order valence-corrected chi connectivity index (χ3v) is 5.93. The second-order valence-corrected chi connectivity index (χ2v) is 7.11. The summed E-state index contributed by atoms with van der Waals surface area (Å²) in [6.45, 7) is 2.06. The van der Waals surface area contributed by atoms with Crippen LogP contribution in [-0.2, 0) is 16.0 Å². The predicted octanol–water partition coefficient (Wildman–Crippen LogP) is 2.71. The van der Waals surface area contributed by atoms with E-state index in [9.17, 15) is 14.7 Å². The molecule has 0 saturated heterocycles. The number of aliphatic carboxylic acids is 1. The number of hydrogen-bond acceptors (Lipinski definition) is 2. The third-order valence-electron chi connectivity index (χ3n) is 5.93. The van der Waals surface area contributed by atoms with Gasteiger partial charge in [0.25, 0.3) is 0 Å². The molecule has 1 aliphatic heterocycles. The van der Waals surface area contributed by atoms with Crippen LogP contribution in [0.1, 0.15) is 31.7 Å². The van der Waals surface area contributed by atoms with Crippen molar-refractivity contribution in [3.63, 3.8) is 0 Å². The van der Waals surface area contributed by atoms with Gasteiger partial charge in [-0.15, -0.1) is 0 Å². The topological polar surface area (TPSA) is 57.6 Å². The van der Waals surface area contributed by atoms with Gasteiger partial charge in [0, 0.05) is 11.7 Å². The fraction of sp³-hybridized carbons (Fsp3) is 0.556. The minimum Gasteiger partial charge on any atom is -0.481 e. The molecule has 0 aromatic heterocycles. The molecule has 2 bridgehead atoms. The number of nitrogens with zero attached hydrogens (tertiary/aromatic N) is 1. The van der Waals surface area contributed by atoms with Gasteiger partial charge in [-0.2, -0.15) is 0 Å². The second kappa shape index (κ2) is 4.83. The lowest BCUT2D eigenvalue weighted by Crippen LogP contribution is -2.46. The monoisotopic (exact) mass is 299 g/mol. The SMILES string of the molecule is C[C@@H]1Cc2ccccc2N1C(=O)[C@@H]1[C@H]2CC[C@@H](C2)[C@H]1C(=O)O. The van der Waals surface area contributed by atoms with Crippen molar-refractivity contribution in [1.82, 2.24) is 0 Å². The molecule has 2 fully saturated rings. The average molecular weight is 299 g/mol. The quantitative estimate of drug-likeness (QED) is 0.913. The number of para-hydroxylation sites is 1. The molecule has 0 radical (unpaired) electrons. The fourth-order valence-corrected chi connectivity index (χ4v) is 5.06. The molecule has 0 spiro atoms. The number of hydrogen-bond donors (Lipinski definition) is 1. The minimum atomic E-state index is -0.786. The summed E-state index contributed by atoms with van der Waals surface area (Å²) in [5.74, 6) is -1.10. The van der Waals surface area contributed by atoms with E-state index < -0.39 is 11.9 Å². The van der Waals surface area contributed by atoms with E-state index in [-0.39, 0.29) is 29.7 Å². The molecule has 22 heavy (non-hydrogen) atoms. The van der Waals surface area contributed by atoms with E-state index in [2.05, 4.69) is 13.0 Å². The van der Waals surface area contributed by atoms with E-state index in [0.29, 0.717) is 0 Å². The van der Waals surface area contributed by atoms with E-state index >= 15 is 0 Å². The molecule has 1 N–H and O–H groups in total. The van der Waals surface area contributed by atoms with Crippen LogP contribution in [0.4, 0.5) is 5.69 Å². The van der Waals surface area contributed by atoms with E-state index in [1.807, 2.05) is 23.1 Å². The highest BCUT2D eigenvalue weighted by Crippen LogP contribution is 2.53. The van der Waals surface area contributed by atoms with Crippen molar-refractivity contribution < 1.29 is 14.7 Å². The summed E-state index contributed by atoms with van der Waals surface area (Å²) in [5, 5.41) is 9.59. The van der Waals surface area contributed by atoms with E-state index in [4.69, 9.17) is 0 Å². The molecule has 1 amide bonds. The smallest absolute Gasteiger partial charge is 0.307 e. The maximum Gasteiger partial charge on any atom is 0.307 e. The summed E-state index contributed by atoms with van der Waals surface area (Å²) in [4.78, 5) is 26.7. The molecule has 0 unspecified atom stereocenters. The highest BCUT2D eigenvalue weighted by molar-refractivity contribution is 6.00. The van der Waals surface area contributed by atoms with Gasteiger partial charge in [-0.1, -0.05) is 18.2 Å². The first kappa shape index (κ1) is 13.8. The van der Waals surface area contributed by atoms with Gasteiger partial charge >= 0.3 is 5.97 Å². The van der Waals surface area contributed by atoms with Crippen molar-refractivity contribution in [3.8, 4) is 0 Å². The lowest BCUT2D eigenvalue weighted by atomic mass is 9.78. The zero-order chi connectivity index (χ0) is 15.4. The Bertz CT molecular complexity index is 641. The highest BCUT2D eigenvalue weighted by Gasteiger charge is 2.55. The van der Waals surface area contributed by atoms with Gasteiger partial charge in [0.05, 0.1) is 11.8 Å². The number of carboxylic acid groups (broad SMARTS) is 1. The standard InChI is InChI=1S/C18H21NO3/c1-10-8-11-4-2-3-5-14(11)19(10)17(20)15-12-6-7-13(9-12)16(15)18(21)22/h2-5,10,12-13,15-16H,6-9H2,1H3,(H,21,22)/t10-,12+,13+,15-,16-/m1/s1. The van der Waals surface area contributed by atoms with Gasteiger partial charge in [0.15, 0.2) is 0 Å². The molecule has 4 heteroatoms. The first-order valence-electron chi connectivity index (χ1n) is 8.21. The van der Waals surface area contributed by atoms with Crippen LogP contribution in [0.2, 0.25) is 0 Å². The molecule has 5 atom stereocenters. The number of amides is 1. The van der Waals surface area contributed by atoms with Crippen molar-refractivity contribution in [1.29, 1.82) is 0 Å². The van der Waals surface area contributed by atoms with Crippen LogP contribution < -0.4 is 4.90 Å². The number of carboxylic acids is 1. The first-order valence-corrected chi connectivity index (χ1v) is 8.21. The van der Waals surface area contributed by atoms with Crippen LogP contribution in [0.25, 0.3) is 0 Å². The maximum atomic E-state index is 13.2. The molecule has 1 heterocycles. The van der Waals surface area contributed by atoms with Gasteiger partial charge in [0.2, 0.25) is 5.91 Å². The number of rotatable bonds is 2. The Morgan fingerprint density at radius 3 is 2.55 bits per heavy atom. The van der Waals surface area contributed by atoms with E-state index in [1.165, 1.54) is 5.56 Å². The molecule has 2 aliphatic carbocycles. The van der Waals surface area contributed by atoms with Crippen LogP contribution in [0.3, 0.4) is 0 Å². The van der Waals surface area contributed by atoms with E-state index in [1.54, 1.807) is 0 Å². The molecule has 116 valence electrons. The van der Waals surface area contributed by atoms with E-state index in [0.717, 1.165) is 31.4 Å². The Hall–Kier alpha value is -1.84. The summed E-state index contributed by atoms with van der Waals surface area (Å²) >= 11 is 0. The molecule has 1 aromatic carbocycles. The molecule has 1 aromatic rings. The van der Waals surface area contributed by atoms with Crippen LogP contribution in [0.5, 0.6) is 0 Å².